The number of hydrogen-bond acceptors (Lipinski definition) is 5. The van der Waals surface area contributed by atoms with E-state index in [4.69, 9.17) is 10.5 Å². The highest BCUT2D eigenvalue weighted by atomic mass is 16.6. The fourth-order valence-corrected chi connectivity index (χ4v) is 1.38. The van der Waals surface area contributed by atoms with Crippen molar-refractivity contribution in [1.82, 2.24) is 0 Å². The van der Waals surface area contributed by atoms with Crippen LogP contribution in [-0.4, -0.2) is 11.4 Å². The van der Waals surface area contributed by atoms with Gasteiger partial charge in [0.15, 0.2) is 0 Å². The second-order valence-corrected chi connectivity index (χ2v) is 3.23. The molecule has 1 rings (SSSR count). The standard InChI is InChI=1S/C10H12N2O4/c1-7(16-6-13)9-4-8(5-11)2-3-10(9)12(14)15/h2-4,6-7H,5,11H2,1H3. The Morgan fingerprint density at radius 2 is 2.31 bits per heavy atom. The van der Waals surface area contributed by atoms with E-state index >= 15 is 0 Å². The molecule has 0 bridgehead atoms. The van der Waals surface area contributed by atoms with E-state index in [9.17, 15) is 14.9 Å². The fourth-order valence-electron chi connectivity index (χ4n) is 1.38. The van der Waals surface area contributed by atoms with E-state index in [1.165, 1.54) is 6.07 Å². The molecule has 0 aliphatic carbocycles. The van der Waals surface area contributed by atoms with Crippen molar-refractivity contribution >= 4 is 12.2 Å². The molecule has 1 aromatic rings. The van der Waals surface area contributed by atoms with Crippen molar-refractivity contribution in [3.05, 3.63) is 39.4 Å². The molecule has 16 heavy (non-hydrogen) atoms. The smallest absolute Gasteiger partial charge is 0.293 e. The molecule has 1 unspecified atom stereocenters. The molecule has 0 aromatic heterocycles. The largest absolute Gasteiger partial charge is 0.460 e. The van der Waals surface area contributed by atoms with Gasteiger partial charge in [0.1, 0.15) is 6.10 Å². The second-order valence-electron chi connectivity index (χ2n) is 3.23. The molecule has 0 aliphatic heterocycles. The number of carbonyl (C=O) groups excluding carboxylic acids is 1. The zero-order chi connectivity index (χ0) is 12.1. The zero-order valence-electron chi connectivity index (χ0n) is 8.75. The predicted molar refractivity (Wildman–Crippen MR) is 56.6 cm³/mol. The summed E-state index contributed by atoms with van der Waals surface area (Å²) in [5, 5.41) is 10.8. The normalized spacial score (nSPS) is 11.9. The molecule has 1 aromatic carbocycles. The molecule has 0 radical (unpaired) electrons. The molecule has 2 N–H and O–H groups in total. The summed E-state index contributed by atoms with van der Waals surface area (Å²) >= 11 is 0. The Morgan fingerprint density at radius 1 is 1.62 bits per heavy atom. The maximum atomic E-state index is 10.8. The van der Waals surface area contributed by atoms with Crippen LogP contribution >= 0.6 is 0 Å². The van der Waals surface area contributed by atoms with E-state index in [0.29, 0.717) is 5.56 Å². The number of nitrogens with zero attached hydrogens (tertiary/aromatic N) is 1. The number of nitrogens with two attached hydrogens (primary N) is 1. The summed E-state index contributed by atoms with van der Waals surface area (Å²) in [6, 6.07) is 4.52. The topological polar surface area (TPSA) is 95.5 Å². The van der Waals surface area contributed by atoms with Gasteiger partial charge in [-0.3, -0.25) is 14.9 Å². The SMILES string of the molecule is CC(OC=O)c1cc(CN)ccc1[N+](=O)[O-]. The van der Waals surface area contributed by atoms with Gasteiger partial charge in [0.05, 0.1) is 10.5 Å². The molecule has 0 fully saturated rings. The van der Waals surface area contributed by atoms with Gasteiger partial charge in [-0.25, -0.2) is 0 Å². The quantitative estimate of drug-likeness (QED) is 0.462. The third kappa shape index (κ3) is 2.54. The average Bonchev–Trinajstić information content (AvgIpc) is 2.28. The number of nitro groups is 1. The molecular formula is C10H12N2O4. The van der Waals surface area contributed by atoms with E-state index in [1.54, 1.807) is 19.1 Å². The Balaban J connectivity index is 3.19. The number of benzene rings is 1. The van der Waals surface area contributed by atoms with Crippen LogP contribution in [0.5, 0.6) is 0 Å². The highest BCUT2D eigenvalue weighted by Crippen LogP contribution is 2.27. The Kier molecular flexibility index (Phi) is 3.96. The molecule has 0 aliphatic rings. The van der Waals surface area contributed by atoms with E-state index in [2.05, 4.69) is 0 Å². The highest BCUT2D eigenvalue weighted by Gasteiger charge is 2.19. The van der Waals surface area contributed by atoms with Crippen LogP contribution < -0.4 is 5.73 Å². The van der Waals surface area contributed by atoms with Gasteiger partial charge in [-0.05, 0) is 18.6 Å². The number of rotatable bonds is 5. The van der Waals surface area contributed by atoms with Crippen molar-refractivity contribution < 1.29 is 14.5 Å². The highest BCUT2D eigenvalue weighted by molar-refractivity contribution is 5.46. The molecule has 6 nitrogen and oxygen atoms in total. The third-order valence-electron chi connectivity index (χ3n) is 2.22. The summed E-state index contributed by atoms with van der Waals surface area (Å²) in [6.45, 7) is 2.11. The van der Waals surface area contributed by atoms with Crippen LogP contribution in [0.2, 0.25) is 0 Å². The molecule has 0 saturated carbocycles. The molecule has 0 heterocycles. The minimum Gasteiger partial charge on any atom is -0.460 e. The summed E-state index contributed by atoms with van der Waals surface area (Å²) in [7, 11) is 0. The molecular weight excluding hydrogens is 212 g/mol. The summed E-state index contributed by atoms with van der Waals surface area (Å²) in [6.07, 6.45) is -0.663. The molecule has 86 valence electrons. The lowest BCUT2D eigenvalue weighted by molar-refractivity contribution is -0.386. The van der Waals surface area contributed by atoms with Crippen LogP contribution in [-0.2, 0) is 16.1 Å². The molecule has 0 amide bonds. The van der Waals surface area contributed by atoms with Crippen molar-refractivity contribution in [2.45, 2.75) is 19.6 Å². The summed E-state index contributed by atoms with van der Waals surface area (Å²) in [5.74, 6) is 0. The molecule has 6 heteroatoms. The first-order valence-electron chi connectivity index (χ1n) is 4.66. The van der Waals surface area contributed by atoms with Gasteiger partial charge in [0, 0.05) is 12.6 Å². The maximum absolute atomic E-state index is 10.8. The zero-order valence-corrected chi connectivity index (χ0v) is 8.75. The third-order valence-corrected chi connectivity index (χ3v) is 2.22. The van der Waals surface area contributed by atoms with Crippen molar-refractivity contribution in [3.63, 3.8) is 0 Å². The summed E-state index contributed by atoms with van der Waals surface area (Å²) in [4.78, 5) is 20.5. The Hall–Kier alpha value is -1.95. The van der Waals surface area contributed by atoms with Crippen LogP contribution in [0.25, 0.3) is 0 Å². The average molecular weight is 224 g/mol. The van der Waals surface area contributed by atoms with Crippen molar-refractivity contribution in [2.24, 2.45) is 5.73 Å². The second kappa shape index (κ2) is 5.22. The summed E-state index contributed by atoms with van der Waals surface area (Å²) in [5.41, 5.74) is 6.46. The first-order chi connectivity index (χ1) is 7.60. The Labute approximate surface area is 92.2 Å². The number of carbonyl (C=O) groups is 1. The van der Waals surface area contributed by atoms with Gasteiger partial charge in [0.25, 0.3) is 12.2 Å². The number of nitro benzene ring substituents is 1. The van der Waals surface area contributed by atoms with Gasteiger partial charge in [0.2, 0.25) is 0 Å². The number of ether oxygens (including phenoxy) is 1. The first-order valence-corrected chi connectivity index (χ1v) is 4.66. The predicted octanol–water partition coefficient (Wildman–Crippen LogP) is 1.29. The molecule has 0 spiro atoms. The monoisotopic (exact) mass is 224 g/mol. The van der Waals surface area contributed by atoms with Crippen LogP contribution in [0.15, 0.2) is 18.2 Å². The van der Waals surface area contributed by atoms with Crippen molar-refractivity contribution in [3.8, 4) is 0 Å². The van der Waals surface area contributed by atoms with Gasteiger partial charge < -0.3 is 10.5 Å². The van der Waals surface area contributed by atoms with Crippen LogP contribution in [0, 0.1) is 10.1 Å². The van der Waals surface area contributed by atoms with Crippen LogP contribution in [0.3, 0.4) is 0 Å². The van der Waals surface area contributed by atoms with E-state index in [0.717, 1.165) is 5.56 Å². The van der Waals surface area contributed by atoms with Crippen molar-refractivity contribution in [1.29, 1.82) is 0 Å². The minimum atomic E-state index is -0.663. The lowest BCUT2D eigenvalue weighted by Crippen LogP contribution is -2.05. The van der Waals surface area contributed by atoms with Gasteiger partial charge in [-0.15, -0.1) is 0 Å². The van der Waals surface area contributed by atoms with E-state index in [1.807, 2.05) is 0 Å². The van der Waals surface area contributed by atoms with Gasteiger partial charge >= 0.3 is 0 Å². The van der Waals surface area contributed by atoms with E-state index in [-0.39, 0.29) is 18.7 Å². The van der Waals surface area contributed by atoms with E-state index < -0.39 is 11.0 Å². The Morgan fingerprint density at radius 3 is 2.81 bits per heavy atom. The first kappa shape index (κ1) is 12.1. The van der Waals surface area contributed by atoms with Crippen LogP contribution in [0.1, 0.15) is 24.2 Å². The van der Waals surface area contributed by atoms with Gasteiger partial charge in [-0.2, -0.15) is 0 Å². The summed E-state index contributed by atoms with van der Waals surface area (Å²) < 4.78 is 4.69. The Bertz CT molecular complexity index is 406. The lowest BCUT2D eigenvalue weighted by atomic mass is 10.0. The van der Waals surface area contributed by atoms with Crippen LogP contribution in [0.4, 0.5) is 5.69 Å². The molecule has 1 atom stereocenters. The lowest BCUT2D eigenvalue weighted by Gasteiger charge is -2.11. The fraction of sp³-hybridized carbons (Fsp3) is 0.300. The molecule has 0 saturated heterocycles. The maximum Gasteiger partial charge on any atom is 0.293 e. The van der Waals surface area contributed by atoms with Gasteiger partial charge in [-0.1, -0.05) is 6.07 Å². The van der Waals surface area contributed by atoms with Crippen molar-refractivity contribution in [2.75, 3.05) is 0 Å². The number of hydrogen-bond donors (Lipinski definition) is 1. The minimum absolute atomic E-state index is 0.0773.